The standard InChI is InChI=1S/C17H35N3/c1-5-10-18-13-17(8-6-7-9-17)14-20-11-15(2)19(4)16(3)12-20/h15-16,18H,5-14H2,1-4H3. The van der Waals surface area contributed by atoms with E-state index in [9.17, 15) is 0 Å². The number of likely N-dealkylation sites (N-methyl/N-ethyl adjacent to an activating group) is 1. The third-order valence-corrected chi connectivity index (χ3v) is 5.59. The van der Waals surface area contributed by atoms with Crippen LogP contribution in [0.2, 0.25) is 0 Å². The van der Waals surface area contributed by atoms with Crippen molar-refractivity contribution in [3.05, 3.63) is 0 Å². The molecule has 0 spiro atoms. The fourth-order valence-electron chi connectivity index (χ4n) is 4.16. The van der Waals surface area contributed by atoms with Crippen molar-refractivity contribution in [2.75, 3.05) is 39.8 Å². The quantitative estimate of drug-likeness (QED) is 0.755. The van der Waals surface area contributed by atoms with Crippen LogP contribution < -0.4 is 5.32 Å². The van der Waals surface area contributed by atoms with Crippen LogP contribution in [0.25, 0.3) is 0 Å². The van der Waals surface area contributed by atoms with Crippen LogP contribution in [0.3, 0.4) is 0 Å². The fourth-order valence-corrected chi connectivity index (χ4v) is 4.16. The lowest BCUT2D eigenvalue weighted by atomic mass is 9.84. The van der Waals surface area contributed by atoms with Gasteiger partial charge in [0.1, 0.15) is 0 Å². The minimum Gasteiger partial charge on any atom is -0.316 e. The molecule has 1 heterocycles. The molecular formula is C17H35N3. The zero-order valence-corrected chi connectivity index (χ0v) is 14.1. The van der Waals surface area contributed by atoms with Gasteiger partial charge in [0.25, 0.3) is 0 Å². The molecule has 0 aromatic heterocycles. The molecule has 20 heavy (non-hydrogen) atoms. The summed E-state index contributed by atoms with van der Waals surface area (Å²) in [5.41, 5.74) is 0.560. The SMILES string of the molecule is CCCNCC1(CN2CC(C)N(C)C(C)C2)CCCC1. The van der Waals surface area contributed by atoms with Crippen molar-refractivity contribution in [2.45, 2.75) is 65.0 Å². The maximum atomic E-state index is 3.70. The predicted molar refractivity (Wildman–Crippen MR) is 87.2 cm³/mol. The van der Waals surface area contributed by atoms with Crippen molar-refractivity contribution in [2.24, 2.45) is 5.41 Å². The van der Waals surface area contributed by atoms with Gasteiger partial charge in [-0.1, -0.05) is 19.8 Å². The lowest BCUT2D eigenvalue weighted by Crippen LogP contribution is -2.57. The molecule has 3 nitrogen and oxygen atoms in total. The second-order valence-electron chi connectivity index (χ2n) is 7.44. The zero-order valence-electron chi connectivity index (χ0n) is 14.1. The third kappa shape index (κ3) is 3.96. The molecule has 0 amide bonds. The van der Waals surface area contributed by atoms with Crippen molar-refractivity contribution in [1.82, 2.24) is 15.1 Å². The zero-order chi connectivity index (χ0) is 14.6. The lowest BCUT2D eigenvalue weighted by Gasteiger charge is -2.45. The highest BCUT2D eigenvalue weighted by molar-refractivity contribution is 4.92. The van der Waals surface area contributed by atoms with Crippen LogP contribution in [0.15, 0.2) is 0 Å². The van der Waals surface area contributed by atoms with Crippen LogP contribution in [-0.2, 0) is 0 Å². The summed E-state index contributed by atoms with van der Waals surface area (Å²) in [6.07, 6.45) is 6.98. The first-order valence-electron chi connectivity index (χ1n) is 8.71. The minimum atomic E-state index is 0.560. The highest BCUT2D eigenvalue weighted by Gasteiger charge is 2.37. The predicted octanol–water partition coefficient (Wildman–Crippen LogP) is 2.57. The molecule has 118 valence electrons. The van der Waals surface area contributed by atoms with E-state index >= 15 is 0 Å². The van der Waals surface area contributed by atoms with Crippen LogP contribution in [0, 0.1) is 5.41 Å². The molecule has 1 aliphatic heterocycles. The Hall–Kier alpha value is -0.120. The molecule has 2 fully saturated rings. The second-order valence-corrected chi connectivity index (χ2v) is 7.44. The van der Waals surface area contributed by atoms with Crippen molar-refractivity contribution < 1.29 is 0 Å². The number of hydrogen-bond donors (Lipinski definition) is 1. The van der Waals surface area contributed by atoms with Gasteiger partial charge in [-0.2, -0.15) is 0 Å². The van der Waals surface area contributed by atoms with Crippen LogP contribution in [0.4, 0.5) is 0 Å². The van der Waals surface area contributed by atoms with E-state index in [1.165, 1.54) is 64.8 Å². The molecule has 2 unspecified atom stereocenters. The highest BCUT2D eigenvalue weighted by Crippen LogP contribution is 2.38. The highest BCUT2D eigenvalue weighted by atomic mass is 15.3. The molecule has 1 saturated heterocycles. The molecule has 2 aliphatic rings. The van der Waals surface area contributed by atoms with Crippen molar-refractivity contribution in [1.29, 1.82) is 0 Å². The Morgan fingerprint density at radius 2 is 1.70 bits per heavy atom. The van der Waals surface area contributed by atoms with E-state index in [2.05, 4.69) is 42.9 Å². The summed E-state index contributed by atoms with van der Waals surface area (Å²) in [4.78, 5) is 5.28. The lowest BCUT2D eigenvalue weighted by molar-refractivity contribution is 0.0320. The first kappa shape index (κ1) is 16.3. The van der Waals surface area contributed by atoms with Crippen LogP contribution >= 0.6 is 0 Å². The minimum absolute atomic E-state index is 0.560. The molecule has 0 aromatic rings. The van der Waals surface area contributed by atoms with Crippen molar-refractivity contribution in [3.63, 3.8) is 0 Å². The molecule has 0 aromatic carbocycles. The number of rotatable bonds is 6. The van der Waals surface area contributed by atoms with Gasteiger partial charge in [0.15, 0.2) is 0 Å². The number of nitrogens with zero attached hydrogens (tertiary/aromatic N) is 2. The average molecular weight is 281 g/mol. The van der Waals surface area contributed by atoms with E-state index in [0.29, 0.717) is 17.5 Å². The number of piperazine rings is 1. The van der Waals surface area contributed by atoms with E-state index in [4.69, 9.17) is 0 Å². The number of hydrogen-bond acceptors (Lipinski definition) is 3. The Bertz CT molecular complexity index is 274. The second kappa shape index (κ2) is 7.24. The smallest absolute Gasteiger partial charge is 0.0195 e. The van der Waals surface area contributed by atoms with Gasteiger partial charge in [0, 0.05) is 38.3 Å². The van der Waals surface area contributed by atoms with E-state index < -0.39 is 0 Å². The fraction of sp³-hybridized carbons (Fsp3) is 1.00. The summed E-state index contributed by atoms with van der Waals surface area (Å²) in [6.45, 7) is 13.2. The van der Waals surface area contributed by atoms with Crippen molar-refractivity contribution in [3.8, 4) is 0 Å². The van der Waals surface area contributed by atoms with Gasteiger partial charge in [-0.15, -0.1) is 0 Å². The monoisotopic (exact) mass is 281 g/mol. The summed E-state index contributed by atoms with van der Waals surface area (Å²) in [5, 5.41) is 3.70. The maximum absolute atomic E-state index is 3.70. The Kier molecular flexibility index (Phi) is 5.88. The van der Waals surface area contributed by atoms with Gasteiger partial charge in [0.05, 0.1) is 0 Å². The summed E-state index contributed by atoms with van der Waals surface area (Å²) in [6, 6.07) is 1.39. The topological polar surface area (TPSA) is 18.5 Å². The normalized spacial score (nSPS) is 31.8. The summed E-state index contributed by atoms with van der Waals surface area (Å²) >= 11 is 0. The maximum Gasteiger partial charge on any atom is 0.0195 e. The van der Waals surface area contributed by atoms with E-state index in [1.54, 1.807) is 0 Å². The molecule has 2 atom stereocenters. The molecular weight excluding hydrogens is 246 g/mol. The van der Waals surface area contributed by atoms with Gasteiger partial charge in [-0.05, 0) is 52.1 Å². The van der Waals surface area contributed by atoms with Crippen LogP contribution in [0.5, 0.6) is 0 Å². The summed E-state index contributed by atoms with van der Waals surface area (Å²) in [5.74, 6) is 0. The van der Waals surface area contributed by atoms with Gasteiger partial charge in [0.2, 0.25) is 0 Å². The molecule has 2 rings (SSSR count). The largest absolute Gasteiger partial charge is 0.316 e. The molecule has 0 bridgehead atoms. The van der Waals surface area contributed by atoms with E-state index in [0.717, 1.165) is 0 Å². The molecule has 1 aliphatic carbocycles. The Labute approximate surface area is 126 Å². The molecule has 0 radical (unpaired) electrons. The third-order valence-electron chi connectivity index (χ3n) is 5.59. The average Bonchev–Trinajstić information content (AvgIpc) is 2.85. The Morgan fingerprint density at radius 1 is 1.10 bits per heavy atom. The summed E-state index contributed by atoms with van der Waals surface area (Å²) < 4.78 is 0. The number of nitrogens with one attached hydrogen (secondary N) is 1. The first-order chi connectivity index (χ1) is 9.56. The summed E-state index contributed by atoms with van der Waals surface area (Å²) in [7, 11) is 2.28. The van der Waals surface area contributed by atoms with Gasteiger partial charge in [-0.25, -0.2) is 0 Å². The van der Waals surface area contributed by atoms with Crippen LogP contribution in [0.1, 0.15) is 52.9 Å². The van der Waals surface area contributed by atoms with Crippen LogP contribution in [-0.4, -0.2) is 61.7 Å². The Morgan fingerprint density at radius 3 is 2.25 bits per heavy atom. The van der Waals surface area contributed by atoms with E-state index in [1.807, 2.05) is 0 Å². The first-order valence-corrected chi connectivity index (χ1v) is 8.71. The van der Waals surface area contributed by atoms with Gasteiger partial charge >= 0.3 is 0 Å². The van der Waals surface area contributed by atoms with Gasteiger partial charge < -0.3 is 5.32 Å². The Balaban J connectivity index is 1.91. The molecule has 1 N–H and O–H groups in total. The molecule has 1 saturated carbocycles. The van der Waals surface area contributed by atoms with E-state index in [-0.39, 0.29) is 0 Å². The molecule has 3 heteroatoms. The van der Waals surface area contributed by atoms with Gasteiger partial charge in [-0.3, -0.25) is 9.80 Å². The van der Waals surface area contributed by atoms with Crippen molar-refractivity contribution >= 4 is 0 Å².